The molecule has 0 saturated carbocycles. The first-order chi connectivity index (χ1) is 8.33. The predicted octanol–water partition coefficient (Wildman–Crippen LogP) is 1.85. The Hall–Kier alpha value is -0.883. The molecule has 5 nitrogen and oxygen atoms in total. The minimum Gasteiger partial charge on any atom is -0.484 e. The molecule has 0 unspecified atom stereocenters. The van der Waals surface area contributed by atoms with Crippen LogP contribution < -0.4 is 0 Å². The quantitative estimate of drug-likeness (QED) is 0.633. The molecule has 0 saturated heterocycles. The van der Waals surface area contributed by atoms with Crippen LogP contribution in [0, 0.1) is 0 Å². The lowest BCUT2D eigenvalue weighted by molar-refractivity contribution is -0.139. The van der Waals surface area contributed by atoms with Crippen LogP contribution in [0.1, 0.15) is 40.5 Å². The van der Waals surface area contributed by atoms with Crippen molar-refractivity contribution < 1.29 is 18.4 Å². The van der Waals surface area contributed by atoms with Crippen molar-refractivity contribution >= 4 is 20.5 Å². The van der Waals surface area contributed by atoms with Gasteiger partial charge in [-0.1, -0.05) is 13.8 Å². The minimum absolute atomic E-state index is 0.390. The highest BCUT2D eigenvalue weighted by molar-refractivity contribution is 6.69. The maximum absolute atomic E-state index is 11.1. The summed E-state index contributed by atoms with van der Waals surface area (Å²) in [6.45, 7) is 10.5. The molecular formula is C12H25NO4Si. The number of carbonyl (C=O) groups excluding carboxylic acids is 2. The van der Waals surface area contributed by atoms with Crippen molar-refractivity contribution in [2.45, 2.75) is 47.1 Å². The number of nitrogens with zero attached hydrogens (tertiary/aromatic N) is 1. The van der Waals surface area contributed by atoms with E-state index in [4.69, 9.17) is 8.85 Å². The average Bonchev–Trinajstić information content (AvgIpc) is 2.14. The van der Waals surface area contributed by atoms with Crippen molar-refractivity contribution in [3.8, 4) is 0 Å². The van der Waals surface area contributed by atoms with Gasteiger partial charge in [-0.3, -0.25) is 14.5 Å². The second-order valence-electron chi connectivity index (χ2n) is 4.60. The van der Waals surface area contributed by atoms with Gasteiger partial charge in [0.2, 0.25) is 0 Å². The largest absolute Gasteiger partial charge is 0.484 e. The molecule has 0 aromatic rings. The highest BCUT2D eigenvalue weighted by atomic mass is 28.4. The number of carbonyl (C=O) groups is 2. The summed E-state index contributed by atoms with van der Waals surface area (Å²) in [6.07, 6.45) is 2.57. The fourth-order valence-corrected chi connectivity index (χ4v) is 4.52. The van der Waals surface area contributed by atoms with Crippen molar-refractivity contribution in [2.75, 3.05) is 19.3 Å². The maximum Gasteiger partial charge on any atom is 0.475 e. The van der Waals surface area contributed by atoms with Crippen molar-refractivity contribution in [1.29, 1.82) is 0 Å². The molecule has 0 spiro atoms. The lowest BCUT2D eigenvalue weighted by Gasteiger charge is -2.31. The predicted molar refractivity (Wildman–Crippen MR) is 72.2 cm³/mol. The topological polar surface area (TPSA) is 55.8 Å². The van der Waals surface area contributed by atoms with Crippen LogP contribution in [0.3, 0.4) is 0 Å². The molecule has 6 heteroatoms. The van der Waals surface area contributed by atoms with E-state index < -0.39 is 20.5 Å². The Kier molecular flexibility index (Phi) is 7.85. The van der Waals surface area contributed by atoms with Gasteiger partial charge in [0, 0.05) is 20.4 Å². The fraction of sp³-hybridized carbons (Fsp3) is 0.833. The van der Waals surface area contributed by atoms with Gasteiger partial charge in [-0.25, -0.2) is 0 Å². The Labute approximate surface area is 111 Å². The summed E-state index contributed by atoms with van der Waals surface area (Å²) in [6, 6.07) is 0. The molecule has 0 aromatic heterocycles. The first-order valence-electron chi connectivity index (χ1n) is 6.44. The molecule has 18 heavy (non-hydrogen) atoms. The van der Waals surface area contributed by atoms with Crippen LogP contribution in [0.5, 0.6) is 0 Å². The Morgan fingerprint density at radius 1 is 1.00 bits per heavy atom. The van der Waals surface area contributed by atoms with Crippen molar-refractivity contribution in [2.24, 2.45) is 0 Å². The van der Waals surface area contributed by atoms with E-state index in [0.29, 0.717) is 6.17 Å². The number of hydrogen-bond acceptors (Lipinski definition) is 5. The fourth-order valence-electron chi connectivity index (χ4n) is 2.00. The van der Waals surface area contributed by atoms with E-state index in [2.05, 4.69) is 18.7 Å². The Morgan fingerprint density at radius 2 is 1.39 bits per heavy atom. The van der Waals surface area contributed by atoms with Gasteiger partial charge in [0.1, 0.15) is 0 Å². The molecule has 0 aliphatic rings. The molecule has 0 heterocycles. The first-order valence-corrected chi connectivity index (χ1v) is 8.96. The molecule has 0 aliphatic carbocycles. The van der Waals surface area contributed by atoms with Crippen molar-refractivity contribution in [3.63, 3.8) is 0 Å². The van der Waals surface area contributed by atoms with E-state index >= 15 is 0 Å². The summed E-state index contributed by atoms with van der Waals surface area (Å²) < 4.78 is 10.6. The molecule has 0 N–H and O–H groups in total. The molecule has 0 radical (unpaired) electrons. The molecule has 0 rings (SSSR count). The summed E-state index contributed by atoms with van der Waals surface area (Å²) in [5.74, 6) is -0.781. The Morgan fingerprint density at radius 3 is 1.67 bits per heavy atom. The monoisotopic (exact) mass is 275 g/mol. The van der Waals surface area contributed by atoms with Crippen LogP contribution in [-0.4, -0.2) is 44.7 Å². The zero-order chi connectivity index (χ0) is 14.2. The molecular weight excluding hydrogens is 250 g/mol. The van der Waals surface area contributed by atoms with Crippen molar-refractivity contribution in [3.05, 3.63) is 0 Å². The highest BCUT2D eigenvalue weighted by Gasteiger charge is 2.40. The van der Waals surface area contributed by atoms with E-state index in [0.717, 1.165) is 25.9 Å². The smallest absolute Gasteiger partial charge is 0.475 e. The Balaban J connectivity index is 4.71. The van der Waals surface area contributed by atoms with E-state index in [1.807, 2.05) is 0 Å². The van der Waals surface area contributed by atoms with E-state index in [-0.39, 0.29) is 0 Å². The van der Waals surface area contributed by atoms with Crippen molar-refractivity contribution in [1.82, 2.24) is 4.90 Å². The molecule has 0 atom stereocenters. The normalized spacial score (nSPS) is 11.4. The molecule has 0 aliphatic heterocycles. The SMILES string of the molecule is CCCN(CCC)C[Si](C)(OC(C)=O)OC(C)=O. The lowest BCUT2D eigenvalue weighted by atomic mass is 10.4. The third-order valence-corrected chi connectivity index (χ3v) is 4.77. The Bertz CT molecular complexity index is 261. The maximum atomic E-state index is 11.1. The van der Waals surface area contributed by atoms with E-state index in [1.165, 1.54) is 13.8 Å². The van der Waals surface area contributed by atoms with Gasteiger partial charge in [-0.15, -0.1) is 0 Å². The third kappa shape index (κ3) is 7.44. The minimum atomic E-state index is -2.79. The average molecular weight is 275 g/mol. The van der Waals surface area contributed by atoms with Gasteiger partial charge in [0.25, 0.3) is 11.9 Å². The van der Waals surface area contributed by atoms with Gasteiger partial charge in [0.15, 0.2) is 0 Å². The van der Waals surface area contributed by atoms with Gasteiger partial charge < -0.3 is 8.85 Å². The van der Waals surface area contributed by atoms with Crippen LogP contribution in [-0.2, 0) is 18.4 Å². The molecule has 0 aromatic carbocycles. The lowest BCUT2D eigenvalue weighted by Crippen LogP contribution is -2.52. The number of hydrogen-bond donors (Lipinski definition) is 0. The second-order valence-corrected chi connectivity index (χ2v) is 7.59. The van der Waals surface area contributed by atoms with Crippen LogP contribution in [0.2, 0.25) is 6.55 Å². The van der Waals surface area contributed by atoms with Gasteiger partial charge in [-0.2, -0.15) is 0 Å². The summed E-state index contributed by atoms with van der Waals surface area (Å²) in [5, 5.41) is 0. The van der Waals surface area contributed by atoms with Crippen LogP contribution in [0.15, 0.2) is 0 Å². The standard InChI is InChI=1S/C12H25NO4Si/c1-6-8-13(9-7-2)10-18(5,16-11(3)14)17-12(4)15/h6-10H2,1-5H3. The zero-order valence-electron chi connectivity index (χ0n) is 12.1. The first kappa shape index (κ1) is 17.1. The molecule has 0 bridgehead atoms. The zero-order valence-corrected chi connectivity index (χ0v) is 13.1. The second kappa shape index (κ2) is 8.26. The summed E-state index contributed by atoms with van der Waals surface area (Å²) in [7, 11) is -2.79. The van der Waals surface area contributed by atoms with Gasteiger partial charge in [0.05, 0.1) is 6.17 Å². The third-order valence-electron chi connectivity index (χ3n) is 2.31. The van der Waals surface area contributed by atoms with Crippen LogP contribution in [0.4, 0.5) is 0 Å². The molecule has 0 fully saturated rings. The van der Waals surface area contributed by atoms with E-state index in [1.54, 1.807) is 6.55 Å². The van der Waals surface area contributed by atoms with E-state index in [9.17, 15) is 9.59 Å². The van der Waals surface area contributed by atoms with Crippen LogP contribution >= 0.6 is 0 Å². The molecule has 106 valence electrons. The highest BCUT2D eigenvalue weighted by Crippen LogP contribution is 2.11. The summed E-state index contributed by atoms with van der Waals surface area (Å²) >= 11 is 0. The van der Waals surface area contributed by atoms with Gasteiger partial charge in [-0.05, 0) is 25.9 Å². The number of rotatable bonds is 8. The summed E-state index contributed by atoms with van der Waals surface area (Å²) in [5.41, 5.74) is 0. The summed E-state index contributed by atoms with van der Waals surface area (Å²) in [4.78, 5) is 24.5. The van der Waals surface area contributed by atoms with Crippen LogP contribution in [0.25, 0.3) is 0 Å². The molecule has 0 amide bonds. The van der Waals surface area contributed by atoms with Gasteiger partial charge >= 0.3 is 8.56 Å².